The number of rotatable bonds is 7. The lowest BCUT2D eigenvalue weighted by Gasteiger charge is -2.23. The fourth-order valence-electron chi connectivity index (χ4n) is 1.92. The van der Waals surface area contributed by atoms with Crippen LogP contribution < -0.4 is 5.32 Å². The number of pyridine rings is 1. The Morgan fingerprint density at radius 2 is 1.90 bits per heavy atom. The summed E-state index contributed by atoms with van der Waals surface area (Å²) in [6.45, 7) is 10.8. The van der Waals surface area contributed by atoms with Crippen LogP contribution in [-0.4, -0.2) is 36.3 Å². The summed E-state index contributed by atoms with van der Waals surface area (Å²) in [7, 11) is -3.50. The summed E-state index contributed by atoms with van der Waals surface area (Å²) < 4.78 is 26.3. The molecule has 1 N–H and O–H groups in total. The maximum absolute atomic E-state index is 12.4. The molecule has 0 amide bonds. The number of hydrogen-bond acceptors (Lipinski definition) is 4. The van der Waals surface area contributed by atoms with E-state index in [0.717, 1.165) is 5.56 Å². The third-order valence-electron chi connectivity index (χ3n) is 2.97. The Balaban J connectivity index is 2.92. The highest BCUT2D eigenvalue weighted by molar-refractivity contribution is 7.89. The summed E-state index contributed by atoms with van der Waals surface area (Å²) >= 11 is 0. The Morgan fingerprint density at radius 1 is 1.25 bits per heavy atom. The zero-order chi connectivity index (χ0) is 15.3. The molecule has 0 atom stereocenters. The molecule has 0 bridgehead atoms. The molecule has 0 unspecified atom stereocenters. The second kappa shape index (κ2) is 7.15. The molecule has 5 nitrogen and oxygen atoms in total. The normalized spacial score (nSPS) is 12.6. The molecule has 114 valence electrons. The first kappa shape index (κ1) is 17.1. The van der Waals surface area contributed by atoms with Gasteiger partial charge in [0.2, 0.25) is 0 Å². The van der Waals surface area contributed by atoms with Gasteiger partial charge in [0.15, 0.2) is 5.03 Å². The molecular weight excluding hydrogens is 274 g/mol. The second-order valence-corrected chi connectivity index (χ2v) is 7.18. The molecule has 0 radical (unpaired) electrons. The van der Waals surface area contributed by atoms with E-state index < -0.39 is 10.0 Å². The number of aromatic nitrogens is 1. The minimum Gasteiger partial charge on any atom is -0.310 e. The number of sulfonamides is 1. The van der Waals surface area contributed by atoms with Gasteiger partial charge in [-0.05, 0) is 25.5 Å². The molecule has 1 aromatic heterocycles. The van der Waals surface area contributed by atoms with Crippen molar-refractivity contribution in [3.63, 3.8) is 0 Å². The van der Waals surface area contributed by atoms with Crippen molar-refractivity contribution in [2.45, 2.75) is 58.3 Å². The quantitative estimate of drug-likeness (QED) is 0.836. The van der Waals surface area contributed by atoms with Crippen molar-refractivity contribution in [1.29, 1.82) is 0 Å². The third-order valence-corrected chi connectivity index (χ3v) is 5.04. The van der Waals surface area contributed by atoms with E-state index in [-0.39, 0.29) is 11.1 Å². The van der Waals surface area contributed by atoms with Crippen LogP contribution in [0.25, 0.3) is 0 Å². The minimum atomic E-state index is -3.50. The molecule has 1 heterocycles. The van der Waals surface area contributed by atoms with Crippen molar-refractivity contribution < 1.29 is 8.42 Å². The van der Waals surface area contributed by atoms with Crippen LogP contribution in [0.5, 0.6) is 0 Å². The molecular formula is C14H25N3O2S. The molecule has 0 aliphatic heterocycles. The largest absolute Gasteiger partial charge is 0.310 e. The topological polar surface area (TPSA) is 62.3 Å². The highest BCUT2D eigenvalue weighted by Gasteiger charge is 2.26. The van der Waals surface area contributed by atoms with E-state index in [9.17, 15) is 8.42 Å². The zero-order valence-corrected chi connectivity index (χ0v) is 13.7. The van der Waals surface area contributed by atoms with E-state index >= 15 is 0 Å². The first-order valence-electron chi connectivity index (χ1n) is 6.99. The zero-order valence-electron chi connectivity index (χ0n) is 12.9. The van der Waals surface area contributed by atoms with Crippen LogP contribution >= 0.6 is 0 Å². The van der Waals surface area contributed by atoms with Crippen LogP contribution in [0.2, 0.25) is 0 Å². The third kappa shape index (κ3) is 4.26. The van der Waals surface area contributed by atoms with Gasteiger partial charge in [-0.2, -0.15) is 4.31 Å². The summed E-state index contributed by atoms with van der Waals surface area (Å²) in [6, 6.07) is 3.70. The van der Waals surface area contributed by atoms with Gasteiger partial charge < -0.3 is 5.32 Å². The highest BCUT2D eigenvalue weighted by atomic mass is 32.2. The van der Waals surface area contributed by atoms with Gasteiger partial charge in [0.05, 0.1) is 0 Å². The Hall–Kier alpha value is -0.980. The van der Waals surface area contributed by atoms with Gasteiger partial charge in [-0.15, -0.1) is 0 Å². The maximum atomic E-state index is 12.4. The Morgan fingerprint density at radius 3 is 2.30 bits per heavy atom. The van der Waals surface area contributed by atoms with Gasteiger partial charge in [-0.25, -0.2) is 13.4 Å². The molecule has 1 rings (SSSR count). The Kier molecular flexibility index (Phi) is 6.10. The van der Waals surface area contributed by atoms with Crippen molar-refractivity contribution in [3.05, 3.63) is 23.9 Å². The standard InChI is InChI=1S/C14H25N3O2S/c1-6-17(12(4)5)20(18,19)14-8-7-13(10-16-14)9-15-11(2)3/h7-8,10-12,15H,6,9H2,1-5H3. The van der Waals surface area contributed by atoms with E-state index in [1.54, 1.807) is 12.3 Å². The van der Waals surface area contributed by atoms with Gasteiger partial charge in [-0.3, -0.25) is 0 Å². The van der Waals surface area contributed by atoms with Crippen LogP contribution in [0, 0.1) is 0 Å². The van der Waals surface area contributed by atoms with E-state index in [2.05, 4.69) is 24.1 Å². The van der Waals surface area contributed by atoms with Gasteiger partial charge in [0.1, 0.15) is 0 Å². The Bertz CT molecular complexity index is 510. The van der Waals surface area contributed by atoms with Crippen LogP contribution in [-0.2, 0) is 16.6 Å². The number of nitrogens with one attached hydrogen (secondary N) is 1. The fourth-order valence-corrected chi connectivity index (χ4v) is 3.48. The predicted octanol–water partition coefficient (Wildman–Crippen LogP) is 2.00. The van der Waals surface area contributed by atoms with Gasteiger partial charge >= 0.3 is 0 Å². The molecule has 6 heteroatoms. The van der Waals surface area contributed by atoms with E-state index in [4.69, 9.17) is 0 Å². The second-order valence-electron chi connectivity index (χ2n) is 5.34. The molecule has 1 aromatic rings. The molecule has 0 saturated heterocycles. The smallest absolute Gasteiger partial charge is 0.260 e. The SMILES string of the molecule is CCN(C(C)C)S(=O)(=O)c1ccc(CNC(C)C)cn1. The highest BCUT2D eigenvalue weighted by Crippen LogP contribution is 2.16. The number of nitrogens with zero attached hydrogens (tertiary/aromatic N) is 2. The first-order valence-corrected chi connectivity index (χ1v) is 8.43. The summed E-state index contributed by atoms with van der Waals surface area (Å²) in [5.41, 5.74) is 0.977. The van der Waals surface area contributed by atoms with E-state index in [0.29, 0.717) is 19.1 Å². The van der Waals surface area contributed by atoms with Crippen molar-refractivity contribution in [2.24, 2.45) is 0 Å². The summed E-state index contributed by atoms with van der Waals surface area (Å²) in [5.74, 6) is 0. The van der Waals surface area contributed by atoms with Crippen molar-refractivity contribution in [1.82, 2.24) is 14.6 Å². The lowest BCUT2D eigenvalue weighted by molar-refractivity contribution is 0.367. The van der Waals surface area contributed by atoms with Crippen molar-refractivity contribution in [2.75, 3.05) is 6.54 Å². The summed E-state index contributed by atoms with van der Waals surface area (Å²) in [6.07, 6.45) is 1.62. The fraction of sp³-hybridized carbons (Fsp3) is 0.643. The Labute approximate surface area is 122 Å². The lowest BCUT2D eigenvalue weighted by Crippen LogP contribution is -2.37. The van der Waals surface area contributed by atoms with Crippen LogP contribution in [0.4, 0.5) is 0 Å². The minimum absolute atomic E-state index is 0.0749. The predicted molar refractivity (Wildman–Crippen MR) is 80.9 cm³/mol. The van der Waals surface area contributed by atoms with Crippen LogP contribution in [0.3, 0.4) is 0 Å². The molecule has 0 aliphatic rings. The molecule has 20 heavy (non-hydrogen) atoms. The number of hydrogen-bond donors (Lipinski definition) is 1. The van der Waals surface area contributed by atoms with Crippen molar-refractivity contribution >= 4 is 10.0 Å². The van der Waals surface area contributed by atoms with E-state index in [1.165, 1.54) is 4.31 Å². The monoisotopic (exact) mass is 299 g/mol. The van der Waals surface area contributed by atoms with Crippen molar-refractivity contribution in [3.8, 4) is 0 Å². The average molecular weight is 299 g/mol. The summed E-state index contributed by atoms with van der Waals surface area (Å²) in [5, 5.41) is 3.38. The molecule has 0 fully saturated rings. The molecule has 0 spiro atoms. The molecule has 0 aromatic carbocycles. The van der Waals surface area contributed by atoms with Crippen LogP contribution in [0.1, 0.15) is 40.2 Å². The van der Waals surface area contributed by atoms with Gasteiger partial charge in [0, 0.05) is 31.4 Å². The van der Waals surface area contributed by atoms with Gasteiger partial charge in [-0.1, -0.05) is 26.8 Å². The van der Waals surface area contributed by atoms with E-state index in [1.807, 2.05) is 26.8 Å². The first-order chi connectivity index (χ1) is 9.28. The molecule has 0 aliphatic carbocycles. The molecule has 0 saturated carbocycles. The maximum Gasteiger partial charge on any atom is 0.260 e. The summed E-state index contributed by atoms with van der Waals surface area (Å²) in [4.78, 5) is 4.11. The van der Waals surface area contributed by atoms with Gasteiger partial charge in [0.25, 0.3) is 10.0 Å². The lowest BCUT2D eigenvalue weighted by atomic mass is 10.2. The van der Waals surface area contributed by atoms with Crippen LogP contribution in [0.15, 0.2) is 23.4 Å². The average Bonchev–Trinajstić information content (AvgIpc) is 2.36.